The van der Waals surface area contributed by atoms with E-state index in [1.54, 1.807) is 6.92 Å². The molecule has 0 aliphatic rings. The number of hydrogen-bond acceptors (Lipinski definition) is 4. The zero-order valence-corrected chi connectivity index (χ0v) is 11.2. The molecule has 0 rings (SSSR count). The third kappa shape index (κ3) is 9.85. The van der Waals surface area contributed by atoms with Gasteiger partial charge in [0.2, 0.25) is 0 Å². The second-order valence-electron chi connectivity index (χ2n) is 4.09. The summed E-state index contributed by atoms with van der Waals surface area (Å²) < 4.78 is 9.96. The molecular weight excluding hydrogens is 220 g/mol. The Balaban J connectivity index is 3.95. The van der Waals surface area contributed by atoms with Crippen molar-refractivity contribution in [2.45, 2.75) is 65.4 Å². The van der Waals surface area contributed by atoms with Crippen LogP contribution in [0.5, 0.6) is 0 Å². The van der Waals surface area contributed by atoms with E-state index in [9.17, 15) is 9.59 Å². The standard InChI is InChI=1S/C13H24O4/c1-4-6-7-8-9-12(17-11(3)14)10-13(15)16-5-2/h12H,4-10H2,1-3H3. The number of unbranched alkanes of at least 4 members (excludes halogenated alkanes) is 3. The first-order valence-electron chi connectivity index (χ1n) is 6.43. The molecule has 100 valence electrons. The SMILES string of the molecule is CCCCCCC(CC(=O)OCC)OC(C)=O. The van der Waals surface area contributed by atoms with E-state index in [1.165, 1.54) is 13.3 Å². The van der Waals surface area contributed by atoms with Crippen molar-refractivity contribution in [3.8, 4) is 0 Å². The number of carbonyl (C=O) groups is 2. The molecule has 0 spiro atoms. The van der Waals surface area contributed by atoms with Crippen LogP contribution in [0.25, 0.3) is 0 Å². The molecule has 0 radical (unpaired) electrons. The molecule has 0 saturated carbocycles. The van der Waals surface area contributed by atoms with Gasteiger partial charge >= 0.3 is 11.9 Å². The normalized spacial score (nSPS) is 11.9. The Morgan fingerprint density at radius 3 is 2.35 bits per heavy atom. The highest BCUT2D eigenvalue weighted by Crippen LogP contribution is 2.12. The van der Waals surface area contributed by atoms with E-state index in [-0.39, 0.29) is 24.5 Å². The summed E-state index contributed by atoms with van der Waals surface area (Å²) in [5.41, 5.74) is 0. The van der Waals surface area contributed by atoms with E-state index in [2.05, 4.69) is 6.92 Å². The highest BCUT2D eigenvalue weighted by atomic mass is 16.6. The van der Waals surface area contributed by atoms with Gasteiger partial charge in [-0.25, -0.2) is 0 Å². The van der Waals surface area contributed by atoms with Crippen LogP contribution in [0.2, 0.25) is 0 Å². The van der Waals surface area contributed by atoms with Crippen molar-refractivity contribution in [1.82, 2.24) is 0 Å². The van der Waals surface area contributed by atoms with Gasteiger partial charge in [-0.3, -0.25) is 9.59 Å². The number of rotatable bonds is 9. The molecular formula is C13H24O4. The average molecular weight is 244 g/mol. The zero-order valence-electron chi connectivity index (χ0n) is 11.2. The van der Waals surface area contributed by atoms with Crippen molar-refractivity contribution < 1.29 is 19.1 Å². The summed E-state index contributed by atoms with van der Waals surface area (Å²) in [6.45, 7) is 5.63. The van der Waals surface area contributed by atoms with Gasteiger partial charge < -0.3 is 9.47 Å². The van der Waals surface area contributed by atoms with Gasteiger partial charge in [-0.15, -0.1) is 0 Å². The molecule has 0 aromatic rings. The largest absolute Gasteiger partial charge is 0.466 e. The molecule has 0 bridgehead atoms. The Morgan fingerprint density at radius 2 is 1.82 bits per heavy atom. The van der Waals surface area contributed by atoms with Gasteiger partial charge in [0.15, 0.2) is 0 Å². The van der Waals surface area contributed by atoms with Crippen molar-refractivity contribution in [2.24, 2.45) is 0 Å². The van der Waals surface area contributed by atoms with Crippen molar-refractivity contribution in [1.29, 1.82) is 0 Å². The Morgan fingerprint density at radius 1 is 1.12 bits per heavy atom. The lowest BCUT2D eigenvalue weighted by atomic mass is 10.1. The van der Waals surface area contributed by atoms with Gasteiger partial charge in [0.1, 0.15) is 6.10 Å². The van der Waals surface area contributed by atoms with Crippen LogP contribution in [-0.2, 0) is 19.1 Å². The second-order valence-corrected chi connectivity index (χ2v) is 4.09. The Bertz CT molecular complexity index is 225. The first-order chi connectivity index (χ1) is 8.10. The summed E-state index contributed by atoms with van der Waals surface area (Å²) in [5, 5.41) is 0. The van der Waals surface area contributed by atoms with Crippen molar-refractivity contribution in [2.75, 3.05) is 6.61 Å². The van der Waals surface area contributed by atoms with Crippen molar-refractivity contribution in [3.63, 3.8) is 0 Å². The third-order valence-corrected chi connectivity index (χ3v) is 2.41. The van der Waals surface area contributed by atoms with E-state index in [0.717, 1.165) is 25.7 Å². The number of esters is 2. The molecule has 0 amide bonds. The van der Waals surface area contributed by atoms with Gasteiger partial charge in [0, 0.05) is 6.92 Å². The summed E-state index contributed by atoms with van der Waals surface area (Å²) >= 11 is 0. The fourth-order valence-electron chi connectivity index (χ4n) is 1.64. The number of ether oxygens (including phenoxy) is 2. The summed E-state index contributed by atoms with van der Waals surface area (Å²) in [6, 6.07) is 0. The topological polar surface area (TPSA) is 52.6 Å². The van der Waals surface area contributed by atoms with E-state index < -0.39 is 0 Å². The van der Waals surface area contributed by atoms with Gasteiger partial charge in [0.05, 0.1) is 13.0 Å². The van der Waals surface area contributed by atoms with Crippen LogP contribution in [0.15, 0.2) is 0 Å². The second kappa shape index (κ2) is 10.1. The lowest BCUT2D eigenvalue weighted by molar-refractivity contribution is -0.153. The van der Waals surface area contributed by atoms with E-state index in [0.29, 0.717) is 6.61 Å². The molecule has 0 N–H and O–H groups in total. The smallest absolute Gasteiger partial charge is 0.309 e. The van der Waals surface area contributed by atoms with Gasteiger partial charge in [0.25, 0.3) is 0 Å². The van der Waals surface area contributed by atoms with Gasteiger partial charge in [-0.05, 0) is 19.8 Å². The van der Waals surface area contributed by atoms with Crippen LogP contribution in [0.3, 0.4) is 0 Å². The third-order valence-electron chi connectivity index (χ3n) is 2.41. The maximum Gasteiger partial charge on any atom is 0.309 e. The highest BCUT2D eigenvalue weighted by molar-refractivity contribution is 5.71. The predicted octanol–water partition coefficient (Wildman–Crippen LogP) is 2.84. The summed E-state index contributed by atoms with van der Waals surface area (Å²) in [6.07, 6.45) is 4.99. The van der Waals surface area contributed by atoms with Crippen LogP contribution < -0.4 is 0 Å². The highest BCUT2D eigenvalue weighted by Gasteiger charge is 2.17. The molecule has 0 fully saturated rings. The molecule has 1 atom stereocenters. The molecule has 4 heteroatoms. The summed E-state index contributed by atoms with van der Waals surface area (Å²) in [5.74, 6) is -0.635. The molecule has 0 heterocycles. The van der Waals surface area contributed by atoms with Crippen LogP contribution in [0.1, 0.15) is 59.3 Å². The molecule has 1 unspecified atom stereocenters. The quantitative estimate of drug-likeness (QED) is 0.462. The zero-order chi connectivity index (χ0) is 13.1. The van der Waals surface area contributed by atoms with Crippen LogP contribution in [0.4, 0.5) is 0 Å². The lowest BCUT2D eigenvalue weighted by Gasteiger charge is -2.15. The molecule has 4 nitrogen and oxygen atoms in total. The Labute approximate surface area is 104 Å². The fourth-order valence-corrected chi connectivity index (χ4v) is 1.64. The Kier molecular flexibility index (Phi) is 9.49. The molecule has 0 aromatic heterocycles. The maximum absolute atomic E-state index is 11.3. The minimum atomic E-state index is -0.338. The fraction of sp³-hybridized carbons (Fsp3) is 0.846. The van der Waals surface area contributed by atoms with E-state index in [1.807, 2.05) is 0 Å². The van der Waals surface area contributed by atoms with Crippen molar-refractivity contribution >= 4 is 11.9 Å². The maximum atomic E-state index is 11.3. The average Bonchev–Trinajstić information content (AvgIpc) is 2.23. The minimum Gasteiger partial charge on any atom is -0.466 e. The monoisotopic (exact) mass is 244 g/mol. The van der Waals surface area contributed by atoms with E-state index >= 15 is 0 Å². The Hall–Kier alpha value is -1.06. The van der Waals surface area contributed by atoms with Gasteiger partial charge in [-0.1, -0.05) is 26.2 Å². The van der Waals surface area contributed by atoms with Crippen LogP contribution in [-0.4, -0.2) is 24.6 Å². The van der Waals surface area contributed by atoms with Crippen LogP contribution in [0, 0.1) is 0 Å². The van der Waals surface area contributed by atoms with E-state index in [4.69, 9.17) is 9.47 Å². The first-order valence-corrected chi connectivity index (χ1v) is 6.43. The number of hydrogen-bond donors (Lipinski definition) is 0. The summed E-state index contributed by atoms with van der Waals surface area (Å²) in [7, 11) is 0. The number of carbonyl (C=O) groups excluding carboxylic acids is 2. The van der Waals surface area contributed by atoms with Crippen molar-refractivity contribution in [3.05, 3.63) is 0 Å². The molecule has 0 saturated heterocycles. The molecule has 0 aliphatic carbocycles. The molecule has 0 aliphatic heterocycles. The summed E-state index contributed by atoms with van der Waals surface area (Å²) in [4.78, 5) is 22.2. The first kappa shape index (κ1) is 15.9. The minimum absolute atomic E-state index is 0.166. The predicted molar refractivity (Wildman–Crippen MR) is 65.6 cm³/mol. The van der Waals surface area contributed by atoms with Gasteiger partial charge in [-0.2, -0.15) is 0 Å². The molecule has 17 heavy (non-hydrogen) atoms. The van der Waals surface area contributed by atoms with Crippen LogP contribution >= 0.6 is 0 Å². The lowest BCUT2D eigenvalue weighted by Crippen LogP contribution is -2.21. The molecule has 0 aromatic carbocycles.